The second-order valence-electron chi connectivity index (χ2n) is 7.54. The molecule has 1 aromatic carbocycles. The van der Waals surface area contributed by atoms with E-state index in [9.17, 15) is 19.7 Å². The lowest BCUT2D eigenvalue weighted by atomic mass is 9.91. The first-order valence-electron chi connectivity index (χ1n) is 9.48. The van der Waals surface area contributed by atoms with E-state index in [1.165, 1.54) is 18.2 Å². The molecule has 1 aliphatic heterocycles. The van der Waals surface area contributed by atoms with Crippen LogP contribution in [0.4, 0.5) is 5.69 Å². The van der Waals surface area contributed by atoms with Crippen molar-refractivity contribution in [3.63, 3.8) is 0 Å². The maximum Gasteiger partial charge on any atom is 0.272 e. The van der Waals surface area contributed by atoms with Gasteiger partial charge < -0.3 is 16.0 Å². The number of halogens is 1. The summed E-state index contributed by atoms with van der Waals surface area (Å²) in [6.07, 6.45) is 4.95. The van der Waals surface area contributed by atoms with Crippen LogP contribution in [0.5, 0.6) is 0 Å². The number of nitro groups is 1. The van der Waals surface area contributed by atoms with Crippen LogP contribution >= 0.6 is 12.4 Å². The molecule has 1 heterocycles. The molecule has 0 radical (unpaired) electrons. The number of carbonyl (C=O) groups is 2. The van der Waals surface area contributed by atoms with Crippen LogP contribution in [0.2, 0.25) is 0 Å². The first kappa shape index (κ1) is 22.1. The summed E-state index contributed by atoms with van der Waals surface area (Å²) < 4.78 is 0. The van der Waals surface area contributed by atoms with Gasteiger partial charge in [0, 0.05) is 35.8 Å². The fourth-order valence-corrected chi connectivity index (χ4v) is 4.00. The first-order chi connectivity index (χ1) is 12.9. The van der Waals surface area contributed by atoms with Gasteiger partial charge in [-0.15, -0.1) is 12.4 Å². The van der Waals surface area contributed by atoms with Crippen LogP contribution in [0.15, 0.2) is 18.2 Å². The van der Waals surface area contributed by atoms with Crippen LogP contribution in [0, 0.1) is 17.0 Å². The number of hydrogen-bond donors (Lipinski definition) is 2. The molecule has 0 aromatic heterocycles. The highest BCUT2D eigenvalue weighted by atomic mass is 35.5. The molecule has 1 atom stereocenters. The van der Waals surface area contributed by atoms with Gasteiger partial charge in [0.05, 0.1) is 4.92 Å². The van der Waals surface area contributed by atoms with Gasteiger partial charge in [-0.25, -0.2) is 0 Å². The number of rotatable bonds is 4. The average molecular weight is 411 g/mol. The molecule has 0 bridgehead atoms. The van der Waals surface area contributed by atoms with Crippen molar-refractivity contribution in [2.45, 2.75) is 63.6 Å². The van der Waals surface area contributed by atoms with Gasteiger partial charge in [-0.3, -0.25) is 19.7 Å². The van der Waals surface area contributed by atoms with E-state index < -0.39 is 11.0 Å². The topological polar surface area (TPSA) is 119 Å². The van der Waals surface area contributed by atoms with Gasteiger partial charge in [0.15, 0.2) is 0 Å². The molecule has 28 heavy (non-hydrogen) atoms. The molecule has 1 unspecified atom stereocenters. The molecule has 1 aromatic rings. The Bertz CT molecular complexity index is 749. The minimum absolute atomic E-state index is 0. The molecule has 1 saturated carbocycles. The van der Waals surface area contributed by atoms with Crippen molar-refractivity contribution < 1.29 is 14.5 Å². The van der Waals surface area contributed by atoms with Gasteiger partial charge >= 0.3 is 0 Å². The zero-order valence-electron chi connectivity index (χ0n) is 15.9. The second-order valence-corrected chi connectivity index (χ2v) is 7.54. The summed E-state index contributed by atoms with van der Waals surface area (Å²) >= 11 is 0. The Kier molecular flexibility index (Phi) is 7.37. The van der Waals surface area contributed by atoms with Gasteiger partial charge in [-0.1, -0.05) is 0 Å². The number of nitro benzene ring substituents is 1. The standard InChI is InChI=1S/C19H26N4O4.ClH/c1-12-11-13(4-9-16(12)23(26)27)19(25)22-10-2-3-17(22)18(24)21-15-7-5-14(20)6-8-15;/h4,9,11,14-15,17H,2-3,5-8,10,20H2,1H3,(H,21,24);1H. The van der Waals surface area contributed by atoms with Gasteiger partial charge in [-0.05, 0) is 57.6 Å². The van der Waals surface area contributed by atoms with Crippen LogP contribution in [-0.4, -0.2) is 46.3 Å². The Labute approximate surface area is 170 Å². The highest BCUT2D eigenvalue weighted by Gasteiger charge is 2.36. The molecule has 2 amide bonds. The average Bonchev–Trinajstić information content (AvgIpc) is 3.12. The summed E-state index contributed by atoms with van der Waals surface area (Å²) in [4.78, 5) is 37.7. The largest absolute Gasteiger partial charge is 0.352 e. The van der Waals surface area contributed by atoms with Crippen LogP contribution in [-0.2, 0) is 4.79 Å². The van der Waals surface area contributed by atoms with Crippen LogP contribution < -0.4 is 11.1 Å². The third-order valence-electron chi connectivity index (χ3n) is 5.57. The molecular weight excluding hydrogens is 384 g/mol. The zero-order valence-corrected chi connectivity index (χ0v) is 16.7. The Morgan fingerprint density at radius 2 is 1.89 bits per heavy atom. The number of nitrogens with two attached hydrogens (primary N) is 1. The molecule has 1 aliphatic carbocycles. The zero-order chi connectivity index (χ0) is 19.6. The Hall–Kier alpha value is -2.19. The number of aryl methyl sites for hydroxylation is 1. The molecule has 2 fully saturated rings. The van der Waals surface area contributed by atoms with Crippen molar-refractivity contribution in [1.29, 1.82) is 0 Å². The van der Waals surface area contributed by atoms with Crippen molar-refractivity contribution in [3.8, 4) is 0 Å². The molecule has 8 nitrogen and oxygen atoms in total. The lowest BCUT2D eigenvalue weighted by Gasteiger charge is -2.30. The Morgan fingerprint density at radius 1 is 1.21 bits per heavy atom. The van der Waals surface area contributed by atoms with E-state index in [1.54, 1.807) is 11.8 Å². The number of amides is 2. The van der Waals surface area contributed by atoms with E-state index in [-0.39, 0.29) is 42.0 Å². The molecule has 0 spiro atoms. The fraction of sp³-hybridized carbons (Fsp3) is 0.579. The molecule has 9 heteroatoms. The second kappa shape index (κ2) is 9.34. The monoisotopic (exact) mass is 410 g/mol. The third-order valence-corrected chi connectivity index (χ3v) is 5.57. The molecule has 3 rings (SSSR count). The number of likely N-dealkylation sites (tertiary alicyclic amines) is 1. The molecular formula is C19H27ClN4O4. The summed E-state index contributed by atoms with van der Waals surface area (Å²) in [5.41, 5.74) is 6.71. The normalized spacial score (nSPS) is 24.4. The summed E-state index contributed by atoms with van der Waals surface area (Å²) in [7, 11) is 0. The van der Waals surface area contributed by atoms with Crippen molar-refractivity contribution in [2.24, 2.45) is 5.73 Å². The van der Waals surface area contributed by atoms with E-state index in [0.29, 0.717) is 24.1 Å². The van der Waals surface area contributed by atoms with Gasteiger partial charge in [0.25, 0.3) is 11.6 Å². The van der Waals surface area contributed by atoms with Crippen LogP contribution in [0.3, 0.4) is 0 Å². The quantitative estimate of drug-likeness (QED) is 0.583. The number of benzene rings is 1. The highest BCUT2D eigenvalue weighted by Crippen LogP contribution is 2.25. The maximum atomic E-state index is 12.9. The number of carbonyl (C=O) groups excluding carboxylic acids is 2. The predicted octanol–water partition coefficient (Wildman–Crippen LogP) is 2.32. The van der Waals surface area contributed by atoms with E-state index in [1.807, 2.05) is 0 Å². The summed E-state index contributed by atoms with van der Waals surface area (Å²) in [6.45, 7) is 2.12. The number of nitrogens with one attached hydrogen (secondary N) is 1. The van der Waals surface area contributed by atoms with Crippen molar-refractivity contribution in [2.75, 3.05) is 6.54 Å². The summed E-state index contributed by atoms with van der Waals surface area (Å²) in [6, 6.07) is 4.19. The Morgan fingerprint density at radius 3 is 2.50 bits per heavy atom. The van der Waals surface area contributed by atoms with E-state index in [4.69, 9.17) is 5.73 Å². The minimum atomic E-state index is -0.483. The third kappa shape index (κ3) is 4.80. The van der Waals surface area contributed by atoms with Crippen molar-refractivity contribution >= 4 is 29.9 Å². The van der Waals surface area contributed by atoms with Crippen molar-refractivity contribution in [1.82, 2.24) is 10.2 Å². The van der Waals surface area contributed by atoms with Crippen LogP contribution in [0.25, 0.3) is 0 Å². The van der Waals surface area contributed by atoms with Crippen molar-refractivity contribution in [3.05, 3.63) is 39.4 Å². The highest BCUT2D eigenvalue weighted by molar-refractivity contribution is 5.98. The molecule has 154 valence electrons. The predicted molar refractivity (Wildman–Crippen MR) is 108 cm³/mol. The van der Waals surface area contributed by atoms with E-state index in [2.05, 4.69) is 5.32 Å². The van der Waals surface area contributed by atoms with Gasteiger partial charge in [-0.2, -0.15) is 0 Å². The lowest BCUT2D eigenvalue weighted by Crippen LogP contribution is -2.50. The number of hydrogen-bond acceptors (Lipinski definition) is 5. The molecule has 2 aliphatic rings. The van der Waals surface area contributed by atoms with E-state index in [0.717, 1.165) is 32.1 Å². The maximum absolute atomic E-state index is 12.9. The fourth-order valence-electron chi connectivity index (χ4n) is 4.00. The number of nitrogens with zero attached hydrogens (tertiary/aromatic N) is 2. The van der Waals surface area contributed by atoms with E-state index >= 15 is 0 Å². The van der Waals surface area contributed by atoms with Gasteiger partial charge in [0.1, 0.15) is 6.04 Å². The smallest absolute Gasteiger partial charge is 0.272 e. The first-order valence-corrected chi connectivity index (χ1v) is 9.48. The lowest BCUT2D eigenvalue weighted by molar-refractivity contribution is -0.385. The summed E-state index contributed by atoms with van der Waals surface area (Å²) in [5.74, 6) is -0.365. The summed E-state index contributed by atoms with van der Waals surface area (Å²) in [5, 5.41) is 14.0. The van der Waals surface area contributed by atoms with Gasteiger partial charge in [0.2, 0.25) is 5.91 Å². The molecule has 3 N–H and O–H groups in total. The SMILES string of the molecule is Cc1cc(C(=O)N2CCCC2C(=O)NC2CCC(N)CC2)ccc1[N+](=O)[O-].Cl. The van der Waals surface area contributed by atoms with Crippen LogP contribution in [0.1, 0.15) is 54.4 Å². The molecule has 1 saturated heterocycles. The minimum Gasteiger partial charge on any atom is -0.352 e. The Balaban J connectivity index is 0.00000280.